The molecule has 0 amide bonds. The molecule has 9 aromatic carbocycles. The minimum Gasteiger partial charge on any atom is -0.455 e. The van der Waals surface area contributed by atoms with Gasteiger partial charge >= 0.3 is 0 Å². The fourth-order valence-electron chi connectivity index (χ4n) is 7.70. The van der Waals surface area contributed by atoms with Crippen LogP contribution in [0.25, 0.3) is 76.9 Å². The van der Waals surface area contributed by atoms with Crippen LogP contribution >= 0.6 is 0 Å². The topological polar surface area (TPSA) is 16.4 Å². The van der Waals surface area contributed by atoms with Crippen LogP contribution in [0.5, 0.6) is 0 Å². The van der Waals surface area contributed by atoms with Crippen molar-refractivity contribution in [2.24, 2.45) is 0 Å². The first-order chi connectivity index (χ1) is 25.8. The van der Waals surface area contributed by atoms with Crippen molar-refractivity contribution in [1.82, 2.24) is 0 Å². The first-order valence-electron chi connectivity index (χ1n) is 17.8. The number of rotatable bonds is 6. The number of nitrogens with zero attached hydrogens (tertiary/aromatic N) is 1. The largest absolute Gasteiger partial charge is 0.455 e. The van der Waals surface area contributed by atoms with Crippen molar-refractivity contribution in [3.8, 4) is 33.4 Å². The quantitative estimate of drug-likeness (QED) is 0.176. The van der Waals surface area contributed by atoms with Gasteiger partial charge in [0.2, 0.25) is 0 Å². The predicted octanol–water partition coefficient (Wildman–Crippen LogP) is 14.4. The Morgan fingerprint density at radius 2 is 0.904 bits per heavy atom. The van der Waals surface area contributed by atoms with Gasteiger partial charge in [-0.1, -0.05) is 158 Å². The standard InChI is InChI=1S/C50H33NO/c1-3-12-34(13-4-1)36-22-24-37(25-23-36)38-28-30-42(31-29-38)51(41-16-5-2-6-17-41)47-33-46-49-43(40-27-26-35-14-7-8-15-39(35)32-40)20-11-21-48(49)52-50(46)45-19-10-9-18-44(45)47/h1-33H. The highest BCUT2D eigenvalue weighted by Crippen LogP contribution is 2.46. The van der Waals surface area contributed by atoms with Crippen LogP contribution in [0, 0.1) is 0 Å². The van der Waals surface area contributed by atoms with Gasteiger partial charge in [-0.25, -0.2) is 0 Å². The smallest absolute Gasteiger partial charge is 0.143 e. The highest BCUT2D eigenvalue weighted by Gasteiger charge is 2.21. The Morgan fingerprint density at radius 3 is 1.63 bits per heavy atom. The van der Waals surface area contributed by atoms with E-state index >= 15 is 0 Å². The zero-order valence-corrected chi connectivity index (χ0v) is 28.4. The van der Waals surface area contributed by atoms with E-state index in [4.69, 9.17) is 4.42 Å². The lowest BCUT2D eigenvalue weighted by Crippen LogP contribution is -2.10. The first-order valence-corrected chi connectivity index (χ1v) is 17.8. The Labute approximate surface area is 302 Å². The molecule has 0 N–H and O–H groups in total. The molecule has 52 heavy (non-hydrogen) atoms. The fourth-order valence-corrected chi connectivity index (χ4v) is 7.70. The number of anilines is 3. The summed E-state index contributed by atoms with van der Waals surface area (Å²) in [5, 5.41) is 6.90. The van der Waals surface area contributed by atoms with E-state index in [0.717, 1.165) is 55.3 Å². The van der Waals surface area contributed by atoms with Gasteiger partial charge in [0.05, 0.1) is 5.69 Å². The second-order valence-corrected chi connectivity index (χ2v) is 13.3. The Kier molecular flexibility index (Phi) is 7.18. The lowest BCUT2D eigenvalue weighted by molar-refractivity contribution is 0.673. The monoisotopic (exact) mass is 663 g/mol. The van der Waals surface area contributed by atoms with Crippen LogP contribution in [0.3, 0.4) is 0 Å². The summed E-state index contributed by atoms with van der Waals surface area (Å²) in [5.74, 6) is 0. The van der Waals surface area contributed by atoms with Gasteiger partial charge in [-0.15, -0.1) is 0 Å². The van der Waals surface area contributed by atoms with Crippen molar-refractivity contribution in [3.63, 3.8) is 0 Å². The van der Waals surface area contributed by atoms with E-state index in [2.05, 4.69) is 205 Å². The molecule has 0 aliphatic rings. The molecular weight excluding hydrogens is 631 g/mol. The summed E-state index contributed by atoms with van der Waals surface area (Å²) < 4.78 is 6.74. The summed E-state index contributed by atoms with van der Waals surface area (Å²) in [6, 6.07) is 71.6. The summed E-state index contributed by atoms with van der Waals surface area (Å²) in [4.78, 5) is 2.38. The van der Waals surface area contributed by atoms with Crippen molar-refractivity contribution in [2.75, 3.05) is 4.90 Å². The van der Waals surface area contributed by atoms with Gasteiger partial charge in [0.25, 0.3) is 0 Å². The molecule has 244 valence electrons. The van der Waals surface area contributed by atoms with Crippen molar-refractivity contribution in [1.29, 1.82) is 0 Å². The SMILES string of the molecule is c1ccc(-c2ccc(-c3ccc(N(c4ccccc4)c4cc5c(oc6cccc(-c7ccc8ccccc8c7)c65)c5ccccc45)cc3)cc2)cc1. The van der Waals surface area contributed by atoms with Gasteiger partial charge in [-0.05, 0) is 86.6 Å². The maximum atomic E-state index is 6.74. The minimum atomic E-state index is 0.886. The van der Waals surface area contributed by atoms with Crippen molar-refractivity contribution < 1.29 is 4.42 Å². The number of hydrogen-bond donors (Lipinski definition) is 0. The highest BCUT2D eigenvalue weighted by atomic mass is 16.3. The average Bonchev–Trinajstić information content (AvgIpc) is 3.61. The third kappa shape index (κ3) is 5.12. The van der Waals surface area contributed by atoms with E-state index in [0.29, 0.717) is 0 Å². The molecule has 0 atom stereocenters. The van der Waals surface area contributed by atoms with E-state index in [1.165, 1.54) is 38.6 Å². The van der Waals surface area contributed by atoms with Gasteiger partial charge in [-0.2, -0.15) is 0 Å². The normalized spacial score (nSPS) is 11.5. The summed E-state index contributed by atoms with van der Waals surface area (Å²) in [6.45, 7) is 0. The van der Waals surface area contributed by atoms with Crippen molar-refractivity contribution in [3.05, 3.63) is 200 Å². The Hall–Kier alpha value is -6.90. The average molecular weight is 664 g/mol. The maximum absolute atomic E-state index is 6.74. The lowest BCUT2D eigenvalue weighted by Gasteiger charge is -2.27. The molecule has 1 heterocycles. The van der Waals surface area contributed by atoms with Crippen LogP contribution in [0.4, 0.5) is 17.1 Å². The Balaban J connectivity index is 1.14. The van der Waals surface area contributed by atoms with Gasteiger partial charge in [0.15, 0.2) is 0 Å². The van der Waals surface area contributed by atoms with Crippen LogP contribution in [0.1, 0.15) is 0 Å². The second-order valence-electron chi connectivity index (χ2n) is 13.3. The zero-order chi connectivity index (χ0) is 34.4. The van der Waals surface area contributed by atoms with E-state index in [1.54, 1.807) is 0 Å². The summed E-state index contributed by atoms with van der Waals surface area (Å²) in [7, 11) is 0. The molecule has 0 aliphatic carbocycles. The molecule has 0 saturated heterocycles. The van der Waals surface area contributed by atoms with Crippen molar-refractivity contribution in [2.45, 2.75) is 0 Å². The number of fused-ring (bicyclic) bond motifs is 6. The molecule has 0 radical (unpaired) electrons. The molecule has 0 aliphatic heterocycles. The molecule has 0 unspecified atom stereocenters. The van der Waals surface area contributed by atoms with Gasteiger partial charge in [-0.3, -0.25) is 0 Å². The maximum Gasteiger partial charge on any atom is 0.143 e. The van der Waals surface area contributed by atoms with Crippen LogP contribution < -0.4 is 4.90 Å². The van der Waals surface area contributed by atoms with E-state index in [9.17, 15) is 0 Å². The molecule has 0 fully saturated rings. The number of furan rings is 1. The molecule has 1 aromatic heterocycles. The Morgan fingerprint density at radius 1 is 0.346 bits per heavy atom. The van der Waals surface area contributed by atoms with E-state index < -0.39 is 0 Å². The molecule has 10 aromatic rings. The molecule has 0 spiro atoms. The van der Waals surface area contributed by atoms with Gasteiger partial charge in [0.1, 0.15) is 11.2 Å². The Bertz CT molecular complexity index is 2870. The van der Waals surface area contributed by atoms with Gasteiger partial charge in [0, 0.05) is 32.9 Å². The van der Waals surface area contributed by atoms with Gasteiger partial charge < -0.3 is 9.32 Å². The summed E-state index contributed by atoms with van der Waals surface area (Å²) >= 11 is 0. The summed E-state index contributed by atoms with van der Waals surface area (Å²) in [5.41, 5.74) is 12.2. The fraction of sp³-hybridized carbons (Fsp3) is 0. The van der Waals surface area contributed by atoms with Crippen LogP contribution in [0.15, 0.2) is 205 Å². The van der Waals surface area contributed by atoms with Crippen LogP contribution in [-0.4, -0.2) is 0 Å². The number of para-hydroxylation sites is 1. The minimum absolute atomic E-state index is 0.886. The third-order valence-corrected chi connectivity index (χ3v) is 10.2. The van der Waals surface area contributed by atoms with Crippen LogP contribution in [-0.2, 0) is 0 Å². The zero-order valence-electron chi connectivity index (χ0n) is 28.4. The van der Waals surface area contributed by atoms with Crippen LogP contribution in [0.2, 0.25) is 0 Å². The first kappa shape index (κ1) is 30.0. The highest BCUT2D eigenvalue weighted by molar-refractivity contribution is 6.22. The molecule has 2 nitrogen and oxygen atoms in total. The second kappa shape index (κ2) is 12.5. The number of benzene rings is 9. The predicted molar refractivity (Wildman–Crippen MR) is 220 cm³/mol. The molecule has 2 heteroatoms. The third-order valence-electron chi connectivity index (χ3n) is 10.2. The van der Waals surface area contributed by atoms with E-state index in [1.807, 2.05) is 0 Å². The van der Waals surface area contributed by atoms with E-state index in [-0.39, 0.29) is 0 Å². The van der Waals surface area contributed by atoms with Crippen molar-refractivity contribution >= 4 is 60.5 Å². The lowest BCUT2D eigenvalue weighted by atomic mass is 9.95. The molecule has 0 saturated carbocycles. The molecular formula is C50H33NO. The molecule has 0 bridgehead atoms. The molecule has 10 rings (SSSR count). The summed E-state index contributed by atoms with van der Waals surface area (Å²) in [6.07, 6.45) is 0. The number of hydrogen-bond acceptors (Lipinski definition) is 2.